The number of thiol groups is 1. The number of nitrogens with two attached hydrogens (primary N) is 1. The van der Waals surface area contributed by atoms with Crippen molar-refractivity contribution >= 4 is 48.1 Å². The summed E-state index contributed by atoms with van der Waals surface area (Å²) in [5, 5.41) is 25.6. The van der Waals surface area contributed by atoms with Gasteiger partial charge in [-0.05, 0) is 30.8 Å². The lowest BCUT2D eigenvalue weighted by atomic mass is 10.0. The standard InChI is InChI=1S/C17H32N4O6S2/c1-9(2)6-12(17(26)27)20-16(25)13(8-28)21-15(24)11(4-5-29-3)19-14(23)10(18)7-22/h9-13,22,28H,4-8,18H2,1-3H3,(H,19,23)(H,20,25)(H,21,24)(H,26,27). The van der Waals surface area contributed by atoms with E-state index in [2.05, 4.69) is 28.6 Å². The maximum absolute atomic E-state index is 12.6. The van der Waals surface area contributed by atoms with Gasteiger partial charge < -0.3 is 31.9 Å². The van der Waals surface area contributed by atoms with E-state index in [0.717, 1.165) is 0 Å². The second-order valence-electron chi connectivity index (χ2n) is 6.90. The lowest BCUT2D eigenvalue weighted by Gasteiger charge is -2.24. The molecule has 29 heavy (non-hydrogen) atoms. The Morgan fingerprint density at radius 3 is 1.97 bits per heavy atom. The molecule has 0 saturated heterocycles. The van der Waals surface area contributed by atoms with Crippen molar-refractivity contribution in [3.05, 3.63) is 0 Å². The van der Waals surface area contributed by atoms with Crippen molar-refractivity contribution in [3.8, 4) is 0 Å². The quantitative estimate of drug-likeness (QED) is 0.157. The summed E-state index contributed by atoms with van der Waals surface area (Å²) >= 11 is 5.53. The molecule has 0 bridgehead atoms. The fraction of sp³-hybridized carbons (Fsp3) is 0.765. The Bertz CT molecular complexity index is 564. The summed E-state index contributed by atoms with van der Waals surface area (Å²) in [6.07, 6.45) is 2.35. The molecule has 3 amide bonds. The molecule has 0 aromatic carbocycles. The van der Waals surface area contributed by atoms with Crippen LogP contribution in [0, 0.1) is 5.92 Å². The van der Waals surface area contributed by atoms with E-state index in [-0.39, 0.29) is 24.5 Å². The predicted molar refractivity (Wildman–Crippen MR) is 115 cm³/mol. The molecule has 7 N–H and O–H groups in total. The molecule has 12 heteroatoms. The van der Waals surface area contributed by atoms with Crippen LogP contribution in [0.5, 0.6) is 0 Å². The van der Waals surface area contributed by atoms with Crippen molar-refractivity contribution < 1.29 is 29.4 Å². The number of thioether (sulfide) groups is 1. The van der Waals surface area contributed by atoms with Gasteiger partial charge in [0.1, 0.15) is 24.2 Å². The number of hydrogen-bond acceptors (Lipinski definition) is 8. The number of carboxylic acids is 1. The van der Waals surface area contributed by atoms with E-state index < -0.39 is 54.5 Å². The van der Waals surface area contributed by atoms with E-state index >= 15 is 0 Å². The summed E-state index contributed by atoms with van der Waals surface area (Å²) in [6, 6.07) is -4.30. The first-order valence-corrected chi connectivity index (χ1v) is 11.2. The maximum Gasteiger partial charge on any atom is 0.326 e. The molecule has 0 aliphatic rings. The third kappa shape index (κ3) is 10.7. The Labute approximate surface area is 180 Å². The second-order valence-corrected chi connectivity index (χ2v) is 8.26. The van der Waals surface area contributed by atoms with Crippen molar-refractivity contribution in [2.75, 3.05) is 24.4 Å². The highest BCUT2D eigenvalue weighted by molar-refractivity contribution is 7.98. The second kappa shape index (κ2) is 14.5. The molecule has 0 fully saturated rings. The summed E-state index contributed by atoms with van der Waals surface area (Å²) in [4.78, 5) is 48.3. The first kappa shape index (κ1) is 27.5. The van der Waals surface area contributed by atoms with E-state index in [1.54, 1.807) is 0 Å². The molecule has 0 saturated carbocycles. The summed E-state index contributed by atoms with van der Waals surface area (Å²) < 4.78 is 0. The lowest BCUT2D eigenvalue weighted by Crippen LogP contribution is -2.58. The summed E-state index contributed by atoms with van der Waals surface area (Å²) in [7, 11) is 0. The van der Waals surface area contributed by atoms with Crippen LogP contribution in [0.4, 0.5) is 0 Å². The minimum Gasteiger partial charge on any atom is -0.480 e. The zero-order chi connectivity index (χ0) is 22.6. The Morgan fingerprint density at radius 2 is 1.52 bits per heavy atom. The van der Waals surface area contributed by atoms with Gasteiger partial charge in [-0.3, -0.25) is 14.4 Å². The maximum atomic E-state index is 12.6. The largest absolute Gasteiger partial charge is 0.480 e. The number of carbonyl (C=O) groups excluding carboxylic acids is 3. The summed E-state index contributed by atoms with van der Waals surface area (Å²) in [5.41, 5.74) is 5.46. The third-order valence-electron chi connectivity index (χ3n) is 3.91. The van der Waals surface area contributed by atoms with Gasteiger partial charge in [-0.1, -0.05) is 13.8 Å². The monoisotopic (exact) mass is 452 g/mol. The number of amides is 3. The fourth-order valence-electron chi connectivity index (χ4n) is 2.30. The van der Waals surface area contributed by atoms with Crippen LogP contribution in [0.2, 0.25) is 0 Å². The van der Waals surface area contributed by atoms with Crippen LogP contribution >= 0.6 is 24.4 Å². The van der Waals surface area contributed by atoms with E-state index in [4.69, 9.17) is 10.8 Å². The molecule has 0 aliphatic carbocycles. The molecule has 0 radical (unpaired) electrons. The molecule has 0 aromatic heterocycles. The van der Waals surface area contributed by atoms with Crippen LogP contribution in [0.25, 0.3) is 0 Å². The van der Waals surface area contributed by atoms with Crippen LogP contribution in [0.15, 0.2) is 0 Å². The van der Waals surface area contributed by atoms with Crippen LogP contribution in [0.3, 0.4) is 0 Å². The van der Waals surface area contributed by atoms with Crippen LogP contribution in [-0.4, -0.2) is 82.4 Å². The number of hydrogen-bond donors (Lipinski definition) is 7. The molecule has 4 unspecified atom stereocenters. The highest BCUT2D eigenvalue weighted by atomic mass is 32.2. The highest BCUT2D eigenvalue weighted by Gasteiger charge is 2.29. The molecular formula is C17H32N4O6S2. The Balaban J connectivity index is 5.13. The van der Waals surface area contributed by atoms with Crippen molar-refractivity contribution in [1.82, 2.24) is 16.0 Å². The van der Waals surface area contributed by atoms with Gasteiger partial charge in [0.15, 0.2) is 0 Å². The lowest BCUT2D eigenvalue weighted by molar-refractivity contribution is -0.142. The summed E-state index contributed by atoms with van der Waals surface area (Å²) in [5.74, 6) is -2.62. The number of carboxylic acid groups (broad SMARTS) is 1. The zero-order valence-electron chi connectivity index (χ0n) is 16.9. The van der Waals surface area contributed by atoms with E-state index in [1.165, 1.54) is 11.8 Å². The number of carbonyl (C=O) groups is 4. The predicted octanol–water partition coefficient (Wildman–Crippen LogP) is -1.43. The van der Waals surface area contributed by atoms with Gasteiger partial charge >= 0.3 is 5.97 Å². The molecular weight excluding hydrogens is 420 g/mol. The van der Waals surface area contributed by atoms with Crippen LogP contribution in [-0.2, 0) is 19.2 Å². The summed E-state index contributed by atoms with van der Waals surface area (Å²) in [6.45, 7) is 3.09. The van der Waals surface area contributed by atoms with E-state index in [0.29, 0.717) is 5.75 Å². The third-order valence-corrected chi connectivity index (χ3v) is 4.92. The zero-order valence-corrected chi connectivity index (χ0v) is 18.6. The molecule has 0 spiro atoms. The van der Waals surface area contributed by atoms with Gasteiger partial charge in [-0.2, -0.15) is 24.4 Å². The first-order valence-electron chi connectivity index (χ1n) is 9.17. The Morgan fingerprint density at radius 1 is 1.00 bits per heavy atom. The van der Waals surface area contributed by atoms with Gasteiger partial charge in [0.25, 0.3) is 0 Å². The molecule has 10 nitrogen and oxygen atoms in total. The number of rotatable bonds is 14. The fourth-order valence-corrected chi connectivity index (χ4v) is 3.03. The topological polar surface area (TPSA) is 171 Å². The average molecular weight is 453 g/mol. The first-order chi connectivity index (χ1) is 13.6. The van der Waals surface area contributed by atoms with Gasteiger partial charge in [-0.25, -0.2) is 4.79 Å². The van der Waals surface area contributed by atoms with Crippen molar-refractivity contribution in [1.29, 1.82) is 0 Å². The number of aliphatic hydroxyl groups excluding tert-OH is 1. The minimum atomic E-state index is -1.17. The van der Waals surface area contributed by atoms with Crippen molar-refractivity contribution in [3.63, 3.8) is 0 Å². The average Bonchev–Trinajstić information content (AvgIpc) is 2.66. The number of aliphatic carboxylic acids is 1. The molecule has 4 atom stereocenters. The van der Waals surface area contributed by atoms with Gasteiger partial charge in [0.2, 0.25) is 17.7 Å². The van der Waals surface area contributed by atoms with Crippen molar-refractivity contribution in [2.45, 2.75) is 50.9 Å². The SMILES string of the molecule is CSCCC(NC(=O)C(N)CO)C(=O)NC(CS)C(=O)NC(CC(C)C)C(=O)O. The number of nitrogens with one attached hydrogen (secondary N) is 3. The Hall–Kier alpha value is -1.50. The van der Waals surface area contributed by atoms with Crippen molar-refractivity contribution in [2.24, 2.45) is 11.7 Å². The molecule has 168 valence electrons. The molecule has 0 heterocycles. The van der Waals surface area contributed by atoms with E-state index in [1.807, 2.05) is 20.1 Å². The van der Waals surface area contributed by atoms with Crippen LogP contribution < -0.4 is 21.7 Å². The van der Waals surface area contributed by atoms with Gasteiger partial charge in [0.05, 0.1) is 6.61 Å². The highest BCUT2D eigenvalue weighted by Crippen LogP contribution is 2.06. The van der Waals surface area contributed by atoms with Crippen LogP contribution in [0.1, 0.15) is 26.7 Å². The molecule has 0 aromatic rings. The van der Waals surface area contributed by atoms with Gasteiger partial charge in [-0.15, -0.1) is 0 Å². The molecule has 0 aliphatic heterocycles. The van der Waals surface area contributed by atoms with Gasteiger partial charge in [0, 0.05) is 5.75 Å². The normalized spacial score (nSPS) is 15.1. The Kier molecular flexibility index (Phi) is 13.7. The number of aliphatic hydroxyl groups is 1. The van der Waals surface area contributed by atoms with E-state index in [9.17, 15) is 24.3 Å². The molecule has 0 rings (SSSR count). The smallest absolute Gasteiger partial charge is 0.326 e. The minimum absolute atomic E-state index is 0.0438.